The van der Waals surface area contributed by atoms with Gasteiger partial charge < -0.3 is 4.90 Å². The Morgan fingerprint density at radius 3 is 2.93 bits per heavy atom. The Kier molecular flexibility index (Phi) is 2.29. The van der Waals surface area contributed by atoms with Crippen LogP contribution < -0.4 is 0 Å². The fraction of sp³-hybridized carbons (Fsp3) is 1.00. The minimum absolute atomic E-state index is 0.947. The maximum atomic E-state index is 2.80. The molecule has 3 aliphatic rings. The van der Waals surface area contributed by atoms with Crippen LogP contribution in [-0.2, 0) is 0 Å². The van der Waals surface area contributed by atoms with Gasteiger partial charge in [-0.15, -0.1) is 0 Å². The summed E-state index contributed by atoms with van der Waals surface area (Å²) in [7, 11) is 2.30. The van der Waals surface area contributed by atoms with Gasteiger partial charge in [0, 0.05) is 25.7 Å². The molecule has 3 aliphatic heterocycles. The Bertz CT molecular complexity index is 214. The van der Waals surface area contributed by atoms with Gasteiger partial charge in [0.1, 0.15) is 0 Å². The summed E-state index contributed by atoms with van der Waals surface area (Å²) in [6, 6.07) is 0.947. The van der Waals surface area contributed by atoms with Gasteiger partial charge in [-0.25, -0.2) is 0 Å². The Morgan fingerprint density at radius 2 is 2.00 bits per heavy atom. The highest BCUT2D eigenvalue weighted by molar-refractivity contribution is 4.94. The molecule has 0 amide bonds. The van der Waals surface area contributed by atoms with Gasteiger partial charge >= 0.3 is 0 Å². The largest absolute Gasteiger partial charge is 0.306 e. The minimum atomic E-state index is 0.947. The molecule has 0 aromatic carbocycles. The number of likely N-dealkylation sites (tertiary alicyclic amines) is 1. The Labute approximate surface area is 87.3 Å². The molecule has 0 saturated carbocycles. The fourth-order valence-electron chi connectivity index (χ4n) is 4.01. The highest BCUT2D eigenvalue weighted by atomic mass is 15.2. The smallest absolute Gasteiger partial charge is 0.0136 e. The molecule has 3 fully saturated rings. The maximum Gasteiger partial charge on any atom is 0.0136 e. The van der Waals surface area contributed by atoms with Crippen LogP contribution in [0.15, 0.2) is 0 Å². The quantitative estimate of drug-likeness (QED) is 0.575. The lowest BCUT2D eigenvalue weighted by molar-refractivity contribution is -0.0231. The lowest BCUT2D eigenvalue weighted by Crippen LogP contribution is -2.58. The first-order valence-corrected chi connectivity index (χ1v) is 6.25. The van der Waals surface area contributed by atoms with Crippen LogP contribution in [-0.4, -0.2) is 49.1 Å². The van der Waals surface area contributed by atoms with E-state index < -0.39 is 0 Å². The monoisotopic (exact) mass is 194 g/mol. The summed E-state index contributed by atoms with van der Waals surface area (Å²) in [4.78, 5) is 5.36. The van der Waals surface area contributed by atoms with E-state index in [1.165, 1.54) is 51.9 Å². The molecule has 80 valence electrons. The summed E-state index contributed by atoms with van der Waals surface area (Å²) < 4.78 is 0. The molecule has 0 N–H and O–H groups in total. The molecular weight excluding hydrogens is 172 g/mol. The number of fused-ring (bicyclic) bond motifs is 4. The van der Waals surface area contributed by atoms with Crippen LogP contribution in [0.4, 0.5) is 0 Å². The average molecular weight is 194 g/mol. The molecule has 2 bridgehead atoms. The molecule has 0 aromatic rings. The molecule has 3 heterocycles. The van der Waals surface area contributed by atoms with Crippen LogP contribution in [0.25, 0.3) is 0 Å². The van der Waals surface area contributed by atoms with Crippen molar-refractivity contribution in [2.75, 3.05) is 33.2 Å². The van der Waals surface area contributed by atoms with Crippen molar-refractivity contribution in [3.05, 3.63) is 0 Å². The molecule has 2 nitrogen and oxygen atoms in total. The van der Waals surface area contributed by atoms with Gasteiger partial charge in [0.05, 0.1) is 0 Å². The summed E-state index contributed by atoms with van der Waals surface area (Å²) in [6.45, 7) is 5.49. The van der Waals surface area contributed by atoms with Gasteiger partial charge in [-0.05, 0) is 44.7 Å². The molecule has 2 heteroatoms. The van der Waals surface area contributed by atoms with Gasteiger partial charge in [0.15, 0.2) is 0 Å². The maximum absolute atomic E-state index is 2.80. The zero-order valence-corrected chi connectivity index (χ0v) is 9.28. The van der Waals surface area contributed by atoms with Crippen LogP contribution in [0.2, 0.25) is 0 Å². The second kappa shape index (κ2) is 3.49. The van der Waals surface area contributed by atoms with Crippen molar-refractivity contribution in [3.8, 4) is 0 Å². The van der Waals surface area contributed by atoms with Crippen molar-refractivity contribution in [2.24, 2.45) is 11.8 Å². The van der Waals surface area contributed by atoms with Gasteiger partial charge in [0.25, 0.3) is 0 Å². The van der Waals surface area contributed by atoms with E-state index in [1.807, 2.05) is 0 Å². The molecule has 0 unspecified atom stereocenters. The fourth-order valence-corrected chi connectivity index (χ4v) is 4.01. The van der Waals surface area contributed by atoms with Crippen molar-refractivity contribution in [2.45, 2.75) is 31.7 Å². The summed E-state index contributed by atoms with van der Waals surface area (Å²) in [5.74, 6) is 1.97. The highest BCUT2D eigenvalue weighted by Gasteiger charge is 2.40. The summed E-state index contributed by atoms with van der Waals surface area (Å²) in [6.07, 6.45) is 5.93. The van der Waals surface area contributed by atoms with Crippen LogP contribution in [0.5, 0.6) is 0 Å². The standard InChI is InChI=1S/C12H22N2/c1-13-7-10-6-11(9-13)12-4-2-3-5-14(12)8-10/h10-12H,2-9H2,1H3/t10-,11+,12+/m0/s1. The number of rotatable bonds is 0. The van der Waals surface area contributed by atoms with Gasteiger partial charge in [-0.3, -0.25) is 4.90 Å². The van der Waals surface area contributed by atoms with Crippen molar-refractivity contribution >= 4 is 0 Å². The second-order valence-corrected chi connectivity index (χ2v) is 5.64. The molecular formula is C12H22N2. The molecule has 3 atom stereocenters. The van der Waals surface area contributed by atoms with Crippen LogP contribution >= 0.6 is 0 Å². The first-order valence-electron chi connectivity index (χ1n) is 6.25. The molecule has 3 saturated heterocycles. The zero-order chi connectivity index (χ0) is 9.54. The van der Waals surface area contributed by atoms with E-state index in [9.17, 15) is 0 Å². The lowest BCUT2D eigenvalue weighted by atomic mass is 9.76. The normalized spacial score (nSPS) is 44.8. The predicted octanol–water partition coefficient (Wildman–Crippen LogP) is 1.42. The van der Waals surface area contributed by atoms with Gasteiger partial charge in [0.2, 0.25) is 0 Å². The van der Waals surface area contributed by atoms with Gasteiger partial charge in [-0.2, -0.15) is 0 Å². The van der Waals surface area contributed by atoms with E-state index in [-0.39, 0.29) is 0 Å². The second-order valence-electron chi connectivity index (χ2n) is 5.64. The average Bonchev–Trinajstić information content (AvgIpc) is 2.17. The Hall–Kier alpha value is -0.0800. The first kappa shape index (κ1) is 9.17. The summed E-state index contributed by atoms with van der Waals surface area (Å²) >= 11 is 0. The molecule has 0 aromatic heterocycles. The van der Waals surface area contributed by atoms with Gasteiger partial charge in [-0.1, -0.05) is 6.42 Å². The van der Waals surface area contributed by atoms with Crippen LogP contribution in [0.1, 0.15) is 25.7 Å². The van der Waals surface area contributed by atoms with Crippen LogP contribution in [0, 0.1) is 11.8 Å². The van der Waals surface area contributed by atoms with Crippen molar-refractivity contribution < 1.29 is 0 Å². The van der Waals surface area contributed by atoms with E-state index in [1.54, 1.807) is 0 Å². The summed E-state index contributed by atoms with van der Waals surface area (Å²) in [5.41, 5.74) is 0. The molecule has 3 rings (SSSR count). The predicted molar refractivity (Wildman–Crippen MR) is 58.3 cm³/mol. The number of hydrogen-bond donors (Lipinski definition) is 0. The van der Waals surface area contributed by atoms with E-state index in [0.29, 0.717) is 0 Å². The van der Waals surface area contributed by atoms with E-state index in [2.05, 4.69) is 16.8 Å². The van der Waals surface area contributed by atoms with Crippen molar-refractivity contribution in [1.29, 1.82) is 0 Å². The Balaban J connectivity index is 1.76. The molecule has 0 spiro atoms. The van der Waals surface area contributed by atoms with E-state index in [0.717, 1.165) is 17.9 Å². The van der Waals surface area contributed by atoms with Crippen molar-refractivity contribution in [3.63, 3.8) is 0 Å². The topological polar surface area (TPSA) is 6.48 Å². The van der Waals surface area contributed by atoms with E-state index >= 15 is 0 Å². The van der Waals surface area contributed by atoms with E-state index in [4.69, 9.17) is 0 Å². The molecule has 0 aliphatic carbocycles. The molecule has 14 heavy (non-hydrogen) atoms. The third-order valence-electron chi connectivity index (χ3n) is 4.45. The zero-order valence-electron chi connectivity index (χ0n) is 9.28. The minimum Gasteiger partial charge on any atom is -0.306 e. The number of hydrogen-bond acceptors (Lipinski definition) is 2. The Morgan fingerprint density at radius 1 is 1.07 bits per heavy atom. The van der Waals surface area contributed by atoms with Crippen LogP contribution in [0.3, 0.4) is 0 Å². The molecule has 0 radical (unpaired) electrons. The summed E-state index contributed by atoms with van der Waals surface area (Å²) in [5, 5.41) is 0. The number of nitrogens with zero attached hydrogens (tertiary/aromatic N) is 2. The highest BCUT2D eigenvalue weighted by Crippen LogP contribution is 2.36. The third kappa shape index (κ3) is 1.49. The lowest BCUT2D eigenvalue weighted by Gasteiger charge is -2.52. The number of piperidine rings is 3. The first-order chi connectivity index (χ1) is 6.83. The third-order valence-corrected chi connectivity index (χ3v) is 4.45. The SMILES string of the molecule is CN1C[C@@H]2C[C@H](C1)[C@H]1CCCCN1C2. The van der Waals surface area contributed by atoms with Crippen molar-refractivity contribution in [1.82, 2.24) is 9.80 Å².